The van der Waals surface area contributed by atoms with Crippen LogP contribution in [0.3, 0.4) is 0 Å². The molecule has 0 saturated carbocycles. The van der Waals surface area contributed by atoms with Gasteiger partial charge in [0.2, 0.25) is 0 Å². The van der Waals surface area contributed by atoms with E-state index in [0.717, 1.165) is 13.1 Å². The van der Waals surface area contributed by atoms with Gasteiger partial charge < -0.3 is 0 Å². The van der Waals surface area contributed by atoms with Gasteiger partial charge in [0.25, 0.3) is 0 Å². The third-order valence-corrected chi connectivity index (χ3v) is 1.39. The van der Waals surface area contributed by atoms with E-state index in [0.29, 0.717) is 0 Å². The molecule has 0 aromatic heterocycles. The molecule has 0 amide bonds. The summed E-state index contributed by atoms with van der Waals surface area (Å²) in [4.78, 5) is 0. The topological polar surface area (TPSA) is 28.0 Å². The van der Waals surface area contributed by atoms with E-state index < -0.39 is 0 Å². The van der Waals surface area contributed by atoms with Crippen LogP contribution in [0.15, 0.2) is 10.3 Å². The Bertz CT molecular complexity index is 124. The first-order valence-electron chi connectivity index (χ1n) is 4.17. The van der Waals surface area contributed by atoms with Crippen molar-refractivity contribution in [3.05, 3.63) is 0 Å². The lowest BCUT2D eigenvalue weighted by molar-refractivity contribution is 0.137. The summed E-state index contributed by atoms with van der Waals surface area (Å²) in [5.41, 5.74) is 0.0907. The van der Waals surface area contributed by atoms with Gasteiger partial charge in [0, 0.05) is 6.54 Å². The van der Waals surface area contributed by atoms with Crippen molar-refractivity contribution < 1.29 is 0 Å². The zero-order valence-electron chi connectivity index (χ0n) is 8.26. The van der Waals surface area contributed by atoms with E-state index in [-0.39, 0.29) is 5.54 Å². The van der Waals surface area contributed by atoms with Gasteiger partial charge in [-0.05, 0) is 34.6 Å². The molecule has 0 N–H and O–H groups in total. The normalized spacial score (nSPS) is 12.5. The van der Waals surface area contributed by atoms with Crippen molar-refractivity contribution in [1.29, 1.82) is 0 Å². The SMILES string of the molecule is CCN=NN(CC)C(C)(C)C. The van der Waals surface area contributed by atoms with Gasteiger partial charge in [-0.15, -0.1) is 0 Å². The Morgan fingerprint density at radius 3 is 2.00 bits per heavy atom. The fourth-order valence-corrected chi connectivity index (χ4v) is 0.811. The van der Waals surface area contributed by atoms with Crippen LogP contribution in [0, 0.1) is 0 Å². The summed E-state index contributed by atoms with van der Waals surface area (Å²) in [6, 6.07) is 0. The molecule has 0 aliphatic rings. The Morgan fingerprint density at radius 1 is 1.18 bits per heavy atom. The van der Waals surface area contributed by atoms with Crippen LogP contribution in [0.1, 0.15) is 34.6 Å². The largest absolute Gasteiger partial charge is 0.274 e. The Balaban J connectivity index is 4.06. The van der Waals surface area contributed by atoms with Gasteiger partial charge >= 0.3 is 0 Å². The second kappa shape index (κ2) is 4.31. The highest BCUT2D eigenvalue weighted by atomic mass is 15.6. The van der Waals surface area contributed by atoms with Crippen molar-refractivity contribution in [2.24, 2.45) is 10.3 Å². The second-order valence-electron chi connectivity index (χ2n) is 3.43. The summed E-state index contributed by atoms with van der Waals surface area (Å²) in [6.45, 7) is 12.1. The van der Waals surface area contributed by atoms with Crippen molar-refractivity contribution in [2.45, 2.75) is 40.2 Å². The Kier molecular flexibility index (Phi) is 4.08. The first-order chi connectivity index (χ1) is 5.02. The van der Waals surface area contributed by atoms with Crippen LogP contribution in [-0.2, 0) is 0 Å². The maximum Gasteiger partial charge on any atom is 0.0592 e. The first-order valence-corrected chi connectivity index (χ1v) is 4.17. The molecule has 0 rings (SSSR count). The van der Waals surface area contributed by atoms with Crippen molar-refractivity contribution in [2.75, 3.05) is 13.1 Å². The van der Waals surface area contributed by atoms with Crippen LogP contribution >= 0.6 is 0 Å². The van der Waals surface area contributed by atoms with Crippen LogP contribution < -0.4 is 0 Å². The number of hydrogen-bond donors (Lipinski definition) is 0. The van der Waals surface area contributed by atoms with Crippen molar-refractivity contribution in [3.63, 3.8) is 0 Å². The molecule has 3 heteroatoms. The molecule has 0 aromatic carbocycles. The van der Waals surface area contributed by atoms with Gasteiger partial charge in [-0.2, -0.15) is 5.11 Å². The maximum atomic E-state index is 4.09. The zero-order chi connectivity index (χ0) is 8.91. The quantitative estimate of drug-likeness (QED) is 0.457. The van der Waals surface area contributed by atoms with Crippen LogP contribution in [0.5, 0.6) is 0 Å². The molecule has 0 heterocycles. The molecule has 0 spiro atoms. The van der Waals surface area contributed by atoms with Crippen molar-refractivity contribution in [1.82, 2.24) is 5.01 Å². The highest BCUT2D eigenvalue weighted by molar-refractivity contribution is 4.70. The smallest absolute Gasteiger partial charge is 0.0592 e. The number of hydrogen-bond acceptors (Lipinski definition) is 2. The Labute approximate surface area is 69.5 Å². The van der Waals surface area contributed by atoms with Crippen molar-refractivity contribution >= 4 is 0 Å². The molecule has 0 aromatic rings. The first kappa shape index (κ1) is 10.4. The van der Waals surface area contributed by atoms with Gasteiger partial charge in [0.1, 0.15) is 0 Å². The molecular weight excluding hydrogens is 138 g/mol. The summed E-state index contributed by atoms with van der Waals surface area (Å²) in [7, 11) is 0. The Hall–Kier alpha value is -0.600. The average molecular weight is 157 g/mol. The van der Waals surface area contributed by atoms with Gasteiger partial charge in [0.05, 0.1) is 12.1 Å². The second-order valence-corrected chi connectivity index (χ2v) is 3.43. The fraction of sp³-hybridized carbons (Fsp3) is 1.00. The molecule has 0 atom stereocenters. The third kappa shape index (κ3) is 3.96. The zero-order valence-corrected chi connectivity index (χ0v) is 8.26. The van der Waals surface area contributed by atoms with E-state index in [1.165, 1.54) is 0 Å². The lowest BCUT2D eigenvalue weighted by Crippen LogP contribution is -2.36. The minimum Gasteiger partial charge on any atom is -0.274 e. The molecule has 0 aliphatic heterocycles. The third-order valence-electron chi connectivity index (χ3n) is 1.39. The lowest BCUT2D eigenvalue weighted by Gasteiger charge is -2.30. The van der Waals surface area contributed by atoms with Gasteiger partial charge in [-0.1, -0.05) is 5.22 Å². The predicted octanol–water partition coefficient (Wildman–Crippen LogP) is 2.49. The van der Waals surface area contributed by atoms with E-state index in [1.807, 2.05) is 11.9 Å². The van der Waals surface area contributed by atoms with E-state index in [4.69, 9.17) is 0 Å². The maximum absolute atomic E-state index is 4.09. The van der Waals surface area contributed by atoms with Crippen LogP contribution in [0.4, 0.5) is 0 Å². The minimum atomic E-state index is 0.0907. The molecule has 0 aliphatic carbocycles. The highest BCUT2D eigenvalue weighted by Gasteiger charge is 2.17. The van der Waals surface area contributed by atoms with Crippen LogP contribution in [0.2, 0.25) is 0 Å². The van der Waals surface area contributed by atoms with Crippen molar-refractivity contribution in [3.8, 4) is 0 Å². The summed E-state index contributed by atoms with van der Waals surface area (Å²) in [6.07, 6.45) is 0. The minimum absolute atomic E-state index is 0.0907. The number of rotatable bonds is 3. The fourth-order valence-electron chi connectivity index (χ4n) is 0.811. The monoisotopic (exact) mass is 157 g/mol. The van der Waals surface area contributed by atoms with E-state index in [1.54, 1.807) is 0 Å². The summed E-state index contributed by atoms with van der Waals surface area (Å²) >= 11 is 0. The molecule has 0 radical (unpaired) electrons. The Morgan fingerprint density at radius 2 is 1.73 bits per heavy atom. The average Bonchev–Trinajstić information content (AvgIpc) is 1.87. The molecule has 11 heavy (non-hydrogen) atoms. The van der Waals surface area contributed by atoms with Crippen LogP contribution in [0.25, 0.3) is 0 Å². The number of nitrogens with zero attached hydrogens (tertiary/aromatic N) is 3. The summed E-state index contributed by atoms with van der Waals surface area (Å²) in [5.74, 6) is 0. The molecule has 3 nitrogen and oxygen atoms in total. The lowest BCUT2D eigenvalue weighted by atomic mass is 10.1. The van der Waals surface area contributed by atoms with Gasteiger partial charge in [0.15, 0.2) is 0 Å². The summed E-state index contributed by atoms with van der Waals surface area (Å²) < 4.78 is 0. The predicted molar refractivity (Wildman–Crippen MR) is 47.5 cm³/mol. The standard InChI is InChI=1S/C8H19N3/c1-6-9-10-11(7-2)8(3,4)5/h6-7H2,1-5H3. The molecule has 0 bridgehead atoms. The van der Waals surface area contributed by atoms with E-state index >= 15 is 0 Å². The van der Waals surface area contributed by atoms with Gasteiger partial charge in [-0.3, -0.25) is 5.01 Å². The van der Waals surface area contributed by atoms with E-state index in [9.17, 15) is 0 Å². The molecular formula is C8H19N3. The van der Waals surface area contributed by atoms with Gasteiger partial charge in [-0.25, -0.2) is 0 Å². The molecule has 66 valence electrons. The molecule has 0 saturated heterocycles. The molecule has 0 fully saturated rings. The molecule has 0 unspecified atom stereocenters. The van der Waals surface area contributed by atoms with E-state index in [2.05, 4.69) is 38.0 Å². The summed E-state index contributed by atoms with van der Waals surface area (Å²) in [5, 5.41) is 10.0. The highest BCUT2D eigenvalue weighted by Crippen LogP contribution is 2.12. The van der Waals surface area contributed by atoms with Crippen LogP contribution in [-0.4, -0.2) is 23.6 Å².